The van der Waals surface area contributed by atoms with Gasteiger partial charge in [0.1, 0.15) is 0 Å². The van der Waals surface area contributed by atoms with Gasteiger partial charge in [-0.05, 0) is 61.5 Å². The highest BCUT2D eigenvalue weighted by molar-refractivity contribution is 7.07. The van der Waals surface area contributed by atoms with E-state index >= 15 is 0 Å². The van der Waals surface area contributed by atoms with E-state index in [9.17, 15) is 0 Å². The zero-order chi connectivity index (χ0) is 10.6. The van der Waals surface area contributed by atoms with E-state index in [0.29, 0.717) is 5.54 Å². The van der Waals surface area contributed by atoms with Crippen molar-refractivity contribution in [1.82, 2.24) is 5.32 Å². The molecule has 0 bridgehead atoms. The van der Waals surface area contributed by atoms with Crippen molar-refractivity contribution in [2.24, 2.45) is 0 Å². The van der Waals surface area contributed by atoms with Crippen LogP contribution >= 0.6 is 11.3 Å². The molecule has 0 amide bonds. The molecule has 1 N–H and O–H groups in total. The molecule has 0 saturated carbocycles. The summed E-state index contributed by atoms with van der Waals surface area (Å²) in [5.74, 6) is 0. The largest absolute Gasteiger partial charge is 0.312 e. The van der Waals surface area contributed by atoms with Crippen LogP contribution in [-0.4, -0.2) is 12.1 Å². The highest BCUT2D eigenvalue weighted by Crippen LogP contribution is 2.24. The second-order valence-corrected chi connectivity index (χ2v) is 5.71. The molecule has 1 aromatic heterocycles. The molecular weight excluding hydrogens is 202 g/mol. The first-order chi connectivity index (χ1) is 7.29. The number of hydrogen-bond acceptors (Lipinski definition) is 2. The summed E-state index contributed by atoms with van der Waals surface area (Å²) >= 11 is 1.81. The maximum absolute atomic E-state index is 3.72. The average molecular weight is 223 g/mol. The van der Waals surface area contributed by atoms with Gasteiger partial charge in [0.15, 0.2) is 0 Å². The van der Waals surface area contributed by atoms with E-state index in [4.69, 9.17) is 0 Å². The first-order valence-electron chi connectivity index (χ1n) is 6.05. The average Bonchev–Trinajstić information content (AvgIpc) is 2.65. The van der Waals surface area contributed by atoms with Crippen LogP contribution in [0.4, 0.5) is 0 Å². The van der Waals surface area contributed by atoms with Crippen LogP contribution in [0.2, 0.25) is 0 Å². The Morgan fingerprint density at radius 1 is 1.40 bits per heavy atom. The maximum Gasteiger partial charge on any atom is 0.0156 e. The van der Waals surface area contributed by atoms with E-state index in [2.05, 4.69) is 29.1 Å². The molecule has 2 rings (SSSR count). The molecule has 2 heterocycles. The molecule has 1 fully saturated rings. The summed E-state index contributed by atoms with van der Waals surface area (Å²) in [6.07, 6.45) is 8.01. The van der Waals surface area contributed by atoms with E-state index in [1.165, 1.54) is 50.6 Å². The van der Waals surface area contributed by atoms with Crippen LogP contribution < -0.4 is 5.32 Å². The van der Waals surface area contributed by atoms with Gasteiger partial charge in [-0.25, -0.2) is 0 Å². The Morgan fingerprint density at radius 2 is 2.33 bits per heavy atom. The Kier molecular flexibility index (Phi) is 3.81. The second kappa shape index (κ2) is 5.13. The van der Waals surface area contributed by atoms with Gasteiger partial charge in [0.05, 0.1) is 0 Å². The minimum Gasteiger partial charge on any atom is -0.312 e. The predicted molar refractivity (Wildman–Crippen MR) is 67.5 cm³/mol. The highest BCUT2D eigenvalue weighted by Gasteiger charge is 2.24. The van der Waals surface area contributed by atoms with Crippen LogP contribution in [0, 0.1) is 0 Å². The van der Waals surface area contributed by atoms with E-state index < -0.39 is 0 Å². The molecule has 1 saturated heterocycles. The zero-order valence-electron chi connectivity index (χ0n) is 9.59. The zero-order valence-corrected chi connectivity index (χ0v) is 10.4. The summed E-state index contributed by atoms with van der Waals surface area (Å²) in [7, 11) is 0. The lowest BCUT2D eigenvalue weighted by molar-refractivity contribution is 0.324. The fourth-order valence-corrected chi connectivity index (χ4v) is 3.07. The number of hydrogen-bond donors (Lipinski definition) is 1. The molecule has 0 radical (unpaired) electrons. The molecule has 1 atom stereocenters. The van der Waals surface area contributed by atoms with Gasteiger partial charge in [-0.2, -0.15) is 11.3 Å². The molecule has 1 aliphatic rings. The Bertz CT molecular complexity index is 271. The molecule has 1 aromatic rings. The lowest BCUT2D eigenvalue weighted by atomic mass is 9.89. The van der Waals surface area contributed by atoms with Crippen LogP contribution in [0.15, 0.2) is 16.8 Å². The fraction of sp³-hybridized carbons (Fsp3) is 0.692. The molecule has 1 nitrogen and oxygen atoms in total. The molecule has 2 heteroatoms. The second-order valence-electron chi connectivity index (χ2n) is 4.93. The third kappa shape index (κ3) is 3.32. The maximum atomic E-state index is 3.72. The topological polar surface area (TPSA) is 12.0 Å². The SMILES string of the molecule is CC1(CCc2ccsc2)CCCCCN1. The van der Waals surface area contributed by atoms with E-state index in [1.807, 2.05) is 11.3 Å². The predicted octanol–water partition coefficient (Wildman–Crippen LogP) is 3.60. The number of thiophene rings is 1. The standard InChI is InChI=1S/C13H21NS/c1-13(7-3-2-4-9-14-13)8-5-12-6-10-15-11-12/h6,10-11,14H,2-5,7-9H2,1H3. The number of nitrogens with one attached hydrogen (secondary N) is 1. The van der Waals surface area contributed by atoms with Crippen LogP contribution in [0.5, 0.6) is 0 Å². The molecule has 15 heavy (non-hydrogen) atoms. The third-order valence-electron chi connectivity index (χ3n) is 3.50. The van der Waals surface area contributed by atoms with E-state index in [1.54, 1.807) is 0 Å². The van der Waals surface area contributed by atoms with Gasteiger partial charge in [0.2, 0.25) is 0 Å². The fourth-order valence-electron chi connectivity index (χ4n) is 2.36. The van der Waals surface area contributed by atoms with Gasteiger partial charge < -0.3 is 5.32 Å². The first-order valence-corrected chi connectivity index (χ1v) is 6.99. The summed E-state index contributed by atoms with van der Waals surface area (Å²) < 4.78 is 0. The normalized spacial score (nSPS) is 27.5. The van der Waals surface area contributed by atoms with Crippen LogP contribution in [0.25, 0.3) is 0 Å². The van der Waals surface area contributed by atoms with Crippen molar-refractivity contribution in [2.45, 2.75) is 51.0 Å². The van der Waals surface area contributed by atoms with Gasteiger partial charge in [-0.15, -0.1) is 0 Å². The van der Waals surface area contributed by atoms with Gasteiger partial charge >= 0.3 is 0 Å². The van der Waals surface area contributed by atoms with Gasteiger partial charge in [-0.3, -0.25) is 0 Å². The summed E-state index contributed by atoms with van der Waals surface area (Å²) in [6.45, 7) is 3.60. The van der Waals surface area contributed by atoms with Gasteiger partial charge in [0.25, 0.3) is 0 Å². The Hall–Kier alpha value is -0.340. The molecule has 0 spiro atoms. The van der Waals surface area contributed by atoms with Gasteiger partial charge in [-0.1, -0.05) is 12.8 Å². The van der Waals surface area contributed by atoms with Crippen molar-refractivity contribution in [2.75, 3.05) is 6.54 Å². The van der Waals surface area contributed by atoms with Gasteiger partial charge in [0, 0.05) is 5.54 Å². The molecule has 84 valence electrons. The smallest absolute Gasteiger partial charge is 0.0156 e. The summed E-state index contributed by atoms with van der Waals surface area (Å²) in [5.41, 5.74) is 1.89. The molecule has 1 unspecified atom stereocenters. The first kappa shape index (κ1) is 11.2. The molecule has 0 aliphatic carbocycles. The quantitative estimate of drug-likeness (QED) is 0.825. The highest BCUT2D eigenvalue weighted by atomic mass is 32.1. The van der Waals surface area contributed by atoms with Crippen molar-refractivity contribution in [1.29, 1.82) is 0 Å². The molecule has 0 aromatic carbocycles. The van der Waals surface area contributed by atoms with Crippen molar-refractivity contribution in [3.8, 4) is 0 Å². The minimum absolute atomic E-state index is 0.387. The van der Waals surface area contributed by atoms with E-state index in [0.717, 1.165) is 0 Å². The Morgan fingerprint density at radius 3 is 3.13 bits per heavy atom. The number of rotatable bonds is 3. The van der Waals surface area contributed by atoms with Crippen molar-refractivity contribution >= 4 is 11.3 Å². The van der Waals surface area contributed by atoms with Crippen molar-refractivity contribution < 1.29 is 0 Å². The molecule has 1 aliphatic heterocycles. The summed E-state index contributed by atoms with van der Waals surface area (Å²) in [5, 5.41) is 8.18. The van der Waals surface area contributed by atoms with E-state index in [-0.39, 0.29) is 0 Å². The lowest BCUT2D eigenvalue weighted by Crippen LogP contribution is -2.41. The third-order valence-corrected chi connectivity index (χ3v) is 4.23. The van der Waals surface area contributed by atoms with Crippen molar-refractivity contribution in [3.05, 3.63) is 22.4 Å². The Labute approximate surface area is 96.9 Å². The number of aryl methyl sites for hydroxylation is 1. The summed E-state index contributed by atoms with van der Waals surface area (Å²) in [4.78, 5) is 0. The molecular formula is C13H21NS. The lowest BCUT2D eigenvalue weighted by Gasteiger charge is -2.29. The monoisotopic (exact) mass is 223 g/mol. The van der Waals surface area contributed by atoms with Crippen molar-refractivity contribution in [3.63, 3.8) is 0 Å². The van der Waals surface area contributed by atoms with Crippen LogP contribution in [0.1, 0.15) is 44.6 Å². The Balaban J connectivity index is 1.86. The summed E-state index contributed by atoms with van der Waals surface area (Å²) in [6, 6.07) is 2.25. The van der Waals surface area contributed by atoms with Crippen LogP contribution in [-0.2, 0) is 6.42 Å². The minimum atomic E-state index is 0.387. The van der Waals surface area contributed by atoms with Crippen LogP contribution in [0.3, 0.4) is 0 Å².